The molecule has 0 aromatic heterocycles. The van der Waals surface area contributed by atoms with E-state index in [4.69, 9.17) is 9.47 Å². The lowest BCUT2D eigenvalue weighted by molar-refractivity contribution is -0.141. The number of Topliss-reactive ketones (excluding diaryl/α,β-unsaturated/α-hetero) is 1. The van der Waals surface area contributed by atoms with Crippen LogP contribution in [0.15, 0.2) is 24.3 Å². The van der Waals surface area contributed by atoms with Gasteiger partial charge in [-0.15, -0.1) is 0 Å². The van der Waals surface area contributed by atoms with Gasteiger partial charge < -0.3 is 9.47 Å². The highest BCUT2D eigenvalue weighted by molar-refractivity contribution is 5.87. The van der Waals surface area contributed by atoms with Gasteiger partial charge in [-0.25, -0.2) is 9.59 Å². The second kappa shape index (κ2) is 9.08. The standard InChI is InChI=1S/C14H20O5/c1-10(2)13(16)18-8-5-6-12(15)7-9-19-14(17)11(3)4/h1,3,5-9H2,2,4H3. The van der Waals surface area contributed by atoms with Crippen molar-refractivity contribution < 1.29 is 23.9 Å². The van der Waals surface area contributed by atoms with E-state index < -0.39 is 11.9 Å². The van der Waals surface area contributed by atoms with E-state index in [0.717, 1.165) is 0 Å². The molecule has 106 valence electrons. The Hall–Kier alpha value is -1.91. The Morgan fingerprint density at radius 2 is 1.32 bits per heavy atom. The Morgan fingerprint density at radius 1 is 0.842 bits per heavy atom. The molecule has 0 aliphatic heterocycles. The highest BCUT2D eigenvalue weighted by Gasteiger charge is 2.07. The number of ether oxygens (including phenoxy) is 2. The Balaban J connectivity index is 3.60. The Morgan fingerprint density at radius 3 is 1.79 bits per heavy atom. The molecular formula is C14H20O5. The minimum Gasteiger partial charge on any atom is -0.462 e. The molecular weight excluding hydrogens is 248 g/mol. The van der Waals surface area contributed by atoms with Crippen LogP contribution < -0.4 is 0 Å². The third-order valence-corrected chi connectivity index (χ3v) is 2.14. The molecule has 0 radical (unpaired) electrons. The molecule has 19 heavy (non-hydrogen) atoms. The SMILES string of the molecule is C=C(C)C(=O)OCCCC(=O)CCOC(=O)C(=C)C. The van der Waals surface area contributed by atoms with Gasteiger partial charge in [0.2, 0.25) is 0 Å². The molecule has 5 heteroatoms. The zero-order valence-corrected chi connectivity index (χ0v) is 11.5. The number of carbonyl (C=O) groups is 3. The monoisotopic (exact) mass is 268 g/mol. The van der Waals surface area contributed by atoms with Gasteiger partial charge in [-0.05, 0) is 20.3 Å². The number of carbonyl (C=O) groups excluding carboxylic acids is 3. The number of ketones is 1. The number of hydrogen-bond acceptors (Lipinski definition) is 5. The summed E-state index contributed by atoms with van der Waals surface area (Å²) in [5, 5.41) is 0. The summed E-state index contributed by atoms with van der Waals surface area (Å²) >= 11 is 0. The van der Waals surface area contributed by atoms with Gasteiger partial charge in [0.15, 0.2) is 0 Å². The average molecular weight is 268 g/mol. The van der Waals surface area contributed by atoms with Crippen molar-refractivity contribution in [1.82, 2.24) is 0 Å². The lowest BCUT2D eigenvalue weighted by Crippen LogP contribution is -2.11. The van der Waals surface area contributed by atoms with E-state index in [-0.39, 0.29) is 31.8 Å². The lowest BCUT2D eigenvalue weighted by atomic mass is 10.2. The highest BCUT2D eigenvalue weighted by atomic mass is 16.5. The van der Waals surface area contributed by atoms with E-state index >= 15 is 0 Å². The van der Waals surface area contributed by atoms with Crippen LogP contribution in [0.25, 0.3) is 0 Å². The fourth-order valence-corrected chi connectivity index (χ4v) is 1.06. The van der Waals surface area contributed by atoms with Crippen LogP contribution in [0.4, 0.5) is 0 Å². The largest absolute Gasteiger partial charge is 0.462 e. The first kappa shape index (κ1) is 17.1. The number of hydrogen-bond donors (Lipinski definition) is 0. The van der Waals surface area contributed by atoms with Crippen LogP contribution in [0.2, 0.25) is 0 Å². The quantitative estimate of drug-likeness (QED) is 0.363. The van der Waals surface area contributed by atoms with E-state index in [1.165, 1.54) is 0 Å². The summed E-state index contributed by atoms with van der Waals surface area (Å²) in [6, 6.07) is 0. The van der Waals surface area contributed by atoms with E-state index in [1.54, 1.807) is 13.8 Å². The molecule has 0 aromatic carbocycles. The molecule has 0 heterocycles. The first-order valence-corrected chi connectivity index (χ1v) is 6.01. The average Bonchev–Trinajstić information content (AvgIpc) is 2.33. The van der Waals surface area contributed by atoms with Crippen molar-refractivity contribution in [3.05, 3.63) is 24.3 Å². The number of rotatable bonds is 9. The van der Waals surface area contributed by atoms with Crippen LogP contribution >= 0.6 is 0 Å². The zero-order valence-electron chi connectivity index (χ0n) is 11.5. The molecule has 0 unspecified atom stereocenters. The van der Waals surface area contributed by atoms with Crippen LogP contribution in [0, 0.1) is 0 Å². The van der Waals surface area contributed by atoms with Gasteiger partial charge in [-0.3, -0.25) is 4.79 Å². The summed E-state index contributed by atoms with van der Waals surface area (Å²) in [5.74, 6) is -0.994. The summed E-state index contributed by atoms with van der Waals surface area (Å²) in [6.07, 6.45) is 0.897. The maximum atomic E-state index is 11.4. The third-order valence-electron chi connectivity index (χ3n) is 2.14. The maximum Gasteiger partial charge on any atom is 0.333 e. The fraction of sp³-hybridized carbons (Fsp3) is 0.500. The molecule has 0 bridgehead atoms. The van der Waals surface area contributed by atoms with Crippen molar-refractivity contribution in [2.45, 2.75) is 33.1 Å². The highest BCUT2D eigenvalue weighted by Crippen LogP contribution is 2.00. The topological polar surface area (TPSA) is 69.7 Å². The van der Waals surface area contributed by atoms with Crippen molar-refractivity contribution in [3.8, 4) is 0 Å². The Kier molecular flexibility index (Phi) is 8.17. The van der Waals surface area contributed by atoms with Crippen molar-refractivity contribution in [2.24, 2.45) is 0 Å². The molecule has 0 fully saturated rings. The Bertz CT molecular complexity index is 381. The molecule has 0 atom stereocenters. The van der Waals surface area contributed by atoms with Gasteiger partial charge in [-0.2, -0.15) is 0 Å². The molecule has 0 N–H and O–H groups in total. The summed E-state index contributed by atoms with van der Waals surface area (Å²) < 4.78 is 9.63. The van der Waals surface area contributed by atoms with Crippen molar-refractivity contribution in [3.63, 3.8) is 0 Å². The lowest BCUT2D eigenvalue weighted by Gasteiger charge is -2.05. The van der Waals surface area contributed by atoms with E-state index in [1.807, 2.05) is 0 Å². The molecule has 5 nitrogen and oxygen atoms in total. The van der Waals surface area contributed by atoms with Crippen LogP contribution in [0.1, 0.15) is 33.1 Å². The summed E-state index contributed by atoms with van der Waals surface area (Å²) in [5.41, 5.74) is 0.636. The van der Waals surface area contributed by atoms with Gasteiger partial charge >= 0.3 is 11.9 Å². The zero-order chi connectivity index (χ0) is 14.8. The van der Waals surface area contributed by atoms with Gasteiger partial charge in [0.1, 0.15) is 5.78 Å². The molecule has 0 spiro atoms. The second-order valence-electron chi connectivity index (χ2n) is 4.22. The van der Waals surface area contributed by atoms with Crippen LogP contribution in [-0.2, 0) is 23.9 Å². The third kappa shape index (κ3) is 8.77. The van der Waals surface area contributed by atoms with Gasteiger partial charge in [0.25, 0.3) is 0 Å². The predicted molar refractivity (Wildman–Crippen MR) is 70.4 cm³/mol. The van der Waals surface area contributed by atoms with E-state index in [9.17, 15) is 14.4 Å². The van der Waals surface area contributed by atoms with Gasteiger partial charge in [0.05, 0.1) is 13.2 Å². The van der Waals surface area contributed by atoms with Crippen molar-refractivity contribution in [1.29, 1.82) is 0 Å². The fourth-order valence-electron chi connectivity index (χ4n) is 1.06. The molecule has 0 aromatic rings. The summed E-state index contributed by atoms with van der Waals surface area (Å²) in [7, 11) is 0. The van der Waals surface area contributed by atoms with Crippen molar-refractivity contribution >= 4 is 17.7 Å². The van der Waals surface area contributed by atoms with Crippen LogP contribution in [0.5, 0.6) is 0 Å². The minimum atomic E-state index is -0.497. The molecule has 0 saturated carbocycles. The minimum absolute atomic E-state index is 0.0408. The number of esters is 2. The maximum absolute atomic E-state index is 11.4. The molecule has 0 amide bonds. The van der Waals surface area contributed by atoms with E-state index in [2.05, 4.69) is 13.2 Å². The smallest absolute Gasteiger partial charge is 0.333 e. The first-order chi connectivity index (χ1) is 8.84. The predicted octanol–water partition coefficient (Wildman–Crippen LogP) is 1.96. The molecule has 0 saturated heterocycles. The van der Waals surface area contributed by atoms with Gasteiger partial charge in [0, 0.05) is 24.0 Å². The normalized spacial score (nSPS) is 9.58. The molecule has 0 rings (SSSR count). The summed E-state index contributed by atoms with van der Waals surface area (Å²) in [4.78, 5) is 33.5. The first-order valence-electron chi connectivity index (χ1n) is 6.01. The van der Waals surface area contributed by atoms with Crippen LogP contribution in [-0.4, -0.2) is 30.9 Å². The molecule has 0 aliphatic rings. The van der Waals surface area contributed by atoms with Crippen LogP contribution in [0.3, 0.4) is 0 Å². The van der Waals surface area contributed by atoms with Gasteiger partial charge in [-0.1, -0.05) is 13.2 Å². The second-order valence-corrected chi connectivity index (χ2v) is 4.22. The summed E-state index contributed by atoms with van der Waals surface area (Å²) in [6.45, 7) is 10.2. The molecule has 0 aliphatic carbocycles. The van der Waals surface area contributed by atoms with Crippen molar-refractivity contribution in [2.75, 3.05) is 13.2 Å². The van der Waals surface area contributed by atoms with E-state index in [0.29, 0.717) is 17.6 Å². The Labute approximate surface area is 113 Å².